The summed E-state index contributed by atoms with van der Waals surface area (Å²) >= 11 is 0. The Bertz CT molecular complexity index is 1980. The summed E-state index contributed by atoms with van der Waals surface area (Å²) in [5.41, 5.74) is -0.492. The van der Waals surface area contributed by atoms with E-state index in [1.807, 2.05) is 60.7 Å². The Kier molecular flexibility index (Phi) is 14.0. The maximum absolute atomic E-state index is 13.2. The van der Waals surface area contributed by atoms with Gasteiger partial charge in [-0.05, 0) is 55.6 Å². The van der Waals surface area contributed by atoms with Crippen LogP contribution in [-0.4, -0.2) is 76.6 Å². The van der Waals surface area contributed by atoms with E-state index in [1.54, 1.807) is 18.2 Å². The molecule has 1 aliphatic rings. The number of aliphatic hydroxyl groups is 2. The lowest BCUT2D eigenvalue weighted by Gasteiger charge is -2.22. The minimum Gasteiger partial charge on any atom is -0.465 e. The number of ether oxygens (including phenoxy) is 2. The Balaban J connectivity index is 1.09. The molecular formula is C39H43N4O9P. The first-order valence-corrected chi connectivity index (χ1v) is 18.7. The standard InChI is InChI=1S/C39H43N4O9P/c1-51-38(49)30-18-16-26(22-33(30)53(28-12-6-4-7-13-28)29-14-8-5-9-15-29)36(47)41-21-11-3-2-10-20-40-34(46)19-17-27-24-43(39(50)42-37(27)48)35-23-31(45)32(25-44)52-35/h4-9,12-19,22,24,31-32,35,44-45H,2-3,10-11,20-21,23,25H2,1H3,(H,40,46)(H,41,47)(H,42,48,50)/b19-17+/t31-,32?,35?/m1/s1. The van der Waals surface area contributed by atoms with Crippen LogP contribution in [0.1, 0.15) is 64.6 Å². The van der Waals surface area contributed by atoms with Crippen LogP contribution in [0.25, 0.3) is 6.08 Å². The molecule has 3 aromatic carbocycles. The largest absolute Gasteiger partial charge is 0.465 e. The van der Waals surface area contributed by atoms with E-state index in [0.29, 0.717) is 30.6 Å². The van der Waals surface area contributed by atoms with Gasteiger partial charge in [0.2, 0.25) is 5.91 Å². The van der Waals surface area contributed by atoms with Gasteiger partial charge >= 0.3 is 11.7 Å². The fourth-order valence-corrected chi connectivity index (χ4v) is 8.42. The molecule has 2 amide bonds. The van der Waals surface area contributed by atoms with Crippen LogP contribution in [0, 0.1) is 0 Å². The molecular weight excluding hydrogens is 699 g/mol. The summed E-state index contributed by atoms with van der Waals surface area (Å²) in [6, 6.07) is 24.9. The molecule has 14 heteroatoms. The van der Waals surface area contributed by atoms with E-state index in [4.69, 9.17) is 9.47 Å². The summed E-state index contributed by atoms with van der Waals surface area (Å²) in [5.74, 6) is -1.12. The van der Waals surface area contributed by atoms with Crippen LogP contribution in [0.5, 0.6) is 0 Å². The molecule has 0 saturated carbocycles. The van der Waals surface area contributed by atoms with Gasteiger partial charge in [-0.25, -0.2) is 9.59 Å². The van der Waals surface area contributed by atoms with Gasteiger partial charge in [0, 0.05) is 42.7 Å². The fourth-order valence-electron chi connectivity index (χ4n) is 5.95. The van der Waals surface area contributed by atoms with Crippen LogP contribution in [0.15, 0.2) is 101 Å². The van der Waals surface area contributed by atoms with Crippen LogP contribution < -0.4 is 37.8 Å². The van der Waals surface area contributed by atoms with Gasteiger partial charge in [-0.2, -0.15) is 0 Å². The predicted octanol–water partition coefficient (Wildman–Crippen LogP) is 1.84. The summed E-state index contributed by atoms with van der Waals surface area (Å²) in [7, 11) is 0.183. The number of aromatic amines is 1. The Hall–Kier alpha value is -5.20. The molecule has 13 nitrogen and oxygen atoms in total. The minimum atomic E-state index is -1.16. The average Bonchev–Trinajstić information content (AvgIpc) is 3.55. The molecule has 278 valence electrons. The van der Waals surface area contributed by atoms with Crippen molar-refractivity contribution in [3.63, 3.8) is 0 Å². The number of esters is 1. The van der Waals surface area contributed by atoms with Crippen molar-refractivity contribution < 1.29 is 34.1 Å². The first-order valence-electron chi connectivity index (χ1n) is 17.4. The second kappa shape index (κ2) is 19.0. The van der Waals surface area contributed by atoms with E-state index < -0.39 is 56.1 Å². The van der Waals surface area contributed by atoms with Crippen LogP contribution in [0.2, 0.25) is 0 Å². The minimum absolute atomic E-state index is 0.0520. The van der Waals surface area contributed by atoms with Crippen molar-refractivity contribution in [3.05, 3.63) is 129 Å². The third kappa shape index (κ3) is 10.2. The number of nitrogens with one attached hydrogen (secondary N) is 3. The van der Waals surface area contributed by atoms with Gasteiger partial charge in [0.1, 0.15) is 12.3 Å². The van der Waals surface area contributed by atoms with Gasteiger partial charge in [0.05, 0.1) is 30.9 Å². The summed E-state index contributed by atoms with van der Waals surface area (Å²) in [4.78, 5) is 65.2. The van der Waals surface area contributed by atoms with Gasteiger partial charge in [-0.3, -0.25) is 23.9 Å². The van der Waals surface area contributed by atoms with Crippen LogP contribution >= 0.6 is 7.92 Å². The lowest BCUT2D eigenvalue weighted by molar-refractivity contribution is -0.116. The lowest BCUT2D eigenvalue weighted by Crippen LogP contribution is -2.33. The first kappa shape index (κ1) is 39.0. The quantitative estimate of drug-likeness (QED) is 0.0494. The summed E-state index contributed by atoms with van der Waals surface area (Å²) in [6.45, 7) is 0.446. The van der Waals surface area contributed by atoms with Crippen molar-refractivity contribution in [3.8, 4) is 0 Å². The summed E-state index contributed by atoms with van der Waals surface area (Å²) < 4.78 is 11.7. The highest BCUT2D eigenvalue weighted by Crippen LogP contribution is 2.35. The lowest BCUT2D eigenvalue weighted by atomic mass is 10.1. The zero-order valence-corrected chi connectivity index (χ0v) is 30.2. The predicted molar refractivity (Wildman–Crippen MR) is 202 cm³/mol. The topological polar surface area (TPSA) is 189 Å². The third-order valence-electron chi connectivity index (χ3n) is 8.73. The number of carbonyl (C=O) groups is 3. The number of hydrogen-bond acceptors (Lipinski definition) is 9. The molecule has 1 fully saturated rings. The van der Waals surface area contributed by atoms with Gasteiger partial charge in [-0.15, -0.1) is 0 Å². The van der Waals surface area contributed by atoms with Gasteiger partial charge in [-0.1, -0.05) is 73.5 Å². The van der Waals surface area contributed by atoms with E-state index in [9.17, 15) is 34.2 Å². The fraction of sp³-hybridized carbons (Fsp3) is 0.308. The number of aliphatic hydroxyl groups excluding tert-OH is 2. The number of methoxy groups -OCH3 is 1. The van der Waals surface area contributed by atoms with Gasteiger partial charge in [0.25, 0.3) is 11.5 Å². The van der Waals surface area contributed by atoms with Gasteiger partial charge < -0.3 is 30.3 Å². The van der Waals surface area contributed by atoms with Crippen LogP contribution in [0.3, 0.4) is 0 Å². The maximum Gasteiger partial charge on any atom is 0.338 e. The second-order valence-corrected chi connectivity index (χ2v) is 14.6. The maximum atomic E-state index is 13.2. The van der Waals surface area contributed by atoms with Crippen molar-refractivity contribution in [1.29, 1.82) is 0 Å². The molecule has 53 heavy (non-hydrogen) atoms. The zero-order chi connectivity index (χ0) is 37.7. The Morgan fingerprint density at radius 3 is 2.19 bits per heavy atom. The molecule has 4 aromatic rings. The Morgan fingerprint density at radius 2 is 1.58 bits per heavy atom. The summed E-state index contributed by atoms with van der Waals surface area (Å²) in [6.07, 6.45) is 4.19. The molecule has 5 N–H and O–H groups in total. The highest BCUT2D eigenvalue weighted by molar-refractivity contribution is 7.80. The molecule has 5 rings (SSSR count). The second-order valence-electron chi connectivity index (χ2n) is 12.4. The Morgan fingerprint density at radius 1 is 0.943 bits per heavy atom. The number of carbonyl (C=O) groups excluding carboxylic acids is 3. The Labute approximate surface area is 307 Å². The smallest absolute Gasteiger partial charge is 0.338 e. The van der Waals surface area contributed by atoms with Crippen molar-refractivity contribution in [2.24, 2.45) is 0 Å². The zero-order valence-electron chi connectivity index (χ0n) is 29.3. The van der Waals surface area contributed by atoms with Gasteiger partial charge in [0.15, 0.2) is 0 Å². The van der Waals surface area contributed by atoms with Crippen molar-refractivity contribution in [2.45, 2.75) is 50.5 Å². The average molecular weight is 743 g/mol. The van der Waals surface area contributed by atoms with E-state index in [-0.39, 0.29) is 17.9 Å². The number of nitrogens with zero attached hydrogens (tertiary/aromatic N) is 1. The van der Waals surface area contributed by atoms with Crippen LogP contribution in [-0.2, 0) is 14.3 Å². The normalized spacial score (nSPS) is 16.9. The molecule has 0 aliphatic carbocycles. The monoisotopic (exact) mass is 742 g/mol. The molecule has 1 aliphatic heterocycles. The molecule has 1 aromatic heterocycles. The summed E-state index contributed by atoms with van der Waals surface area (Å²) in [5, 5.41) is 27.9. The number of hydrogen-bond donors (Lipinski definition) is 5. The highest BCUT2D eigenvalue weighted by Gasteiger charge is 2.35. The van der Waals surface area contributed by atoms with Crippen molar-refractivity contribution >= 4 is 47.7 Å². The molecule has 0 bridgehead atoms. The third-order valence-corrected chi connectivity index (χ3v) is 11.2. The molecule has 0 radical (unpaired) electrons. The van der Waals surface area contributed by atoms with E-state index in [1.165, 1.54) is 25.5 Å². The van der Waals surface area contributed by atoms with E-state index in [0.717, 1.165) is 39.7 Å². The number of rotatable bonds is 16. The molecule has 2 heterocycles. The number of aromatic nitrogens is 2. The molecule has 3 atom stereocenters. The first-order chi connectivity index (χ1) is 25.7. The number of unbranched alkanes of at least 4 members (excludes halogenated alkanes) is 3. The molecule has 0 spiro atoms. The van der Waals surface area contributed by atoms with E-state index >= 15 is 0 Å². The number of benzene rings is 3. The van der Waals surface area contributed by atoms with Crippen molar-refractivity contribution in [1.82, 2.24) is 20.2 Å². The molecule has 1 saturated heterocycles. The number of H-pyrrole nitrogens is 1. The van der Waals surface area contributed by atoms with Crippen molar-refractivity contribution in [2.75, 3.05) is 26.8 Å². The SMILES string of the molecule is COC(=O)c1ccc(C(=O)NCCCCCCNC(=O)/C=C/c2cn(C3C[C@@H](O)C(CO)O3)c(=O)[nH]c2=O)cc1P(c1ccccc1)c1ccccc1. The van der Waals surface area contributed by atoms with Crippen LogP contribution in [0.4, 0.5) is 0 Å². The van der Waals surface area contributed by atoms with E-state index in [2.05, 4.69) is 15.6 Å². The highest BCUT2D eigenvalue weighted by atomic mass is 31.1. The molecule has 2 unspecified atom stereocenters. The number of amides is 2.